The van der Waals surface area contributed by atoms with Crippen LogP contribution in [0.4, 0.5) is 0 Å². The molecule has 2 aromatic heterocycles. The summed E-state index contributed by atoms with van der Waals surface area (Å²) in [5.41, 5.74) is 7.10. The Morgan fingerprint density at radius 2 is 2.29 bits per heavy atom. The van der Waals surface area contributed by atoms with Crippen molar-refractivity contribution in [1.29, 1.82) is 0 Å². The van der Waals surface area contributed by atoms with Crippen LogP contribution in [-0.4, -0.2) is 14.7 Å². The summed E-state index contributed by atoms with van der Waals surface area (Å²) < 4.78 is 7.15. The molecule has 0 fully saturated rings. The standard InChI is InChI=1S/C12H18N4O/c1-3-10(13)9-5-6-16(7-9)8-12-14-11(4-2)15-17-12/h5-7,10H,3-4,8,13H2,1-2H3. The number of aryl methyl sites for hydroxylation is 1. The van der Waals surface area contributed by atoms with Gasteiger partial charge in [-0.3, -0.25) is 0 Å². The number of rotatable bonds is 5. The number of nitrogens with two attached hydrogens (primary N) is 1. The predicted octanol–water partition coefficient (Wildman–Crippen LogP) is 1.89. The summed E-state index contributed by atoms with van der Waals surface area (Å²) in [7, 11) is 0. The summed E-state index contributed by atoms with van der Waals surface area (Å²) in [5.74, 6) is 1.38. The maximum Gasteiger partial charge on any atom is 0.246 e. The molecule has 2 heterocycles. The third-order valence-electron chi connectivity index (χ3n) is 2.79. The number of aromatic nitrogens is 3. The average Bonchev–Trinajstić information content (AvgIpc) is 2.97. The summed E-state index contributed by atoms with van der Waals surface area (Å²) in [6.07, 6.45) is 5.75. The Labute approximate surface area is 101 Å². The Morgan fingerprint density at radius 1 is 1.47 bits per heavy atom. The van der Waals surface area contributed by atoms with Crippen LogP contribution in [-0.2, 0) is 13.0 Å². The molecule has 1 unspecified atom stereocenters. The first-order valence-corrected chi connectivity index (χ1v) is 5.95. The van der Waals surface area contributed by atoms with Gasteiger partial charge in [-0.25, -0.2) is 0 Å². The highest BCUT2D eigenvalue weighted by Crippen LogP contribution is 2.14. The van der Waals surface area contributed by atoms with Gasteiger partial charge in [0.1, 0.15) is 6.54 Å². The van der Waals surface area contributed by atoms with Crippen LogP contribution >= 0.6 is 0 Å². The molecular formula is C12H18N4O. The first-order valence-electron chi connectivity index (χ1n) is 5.95. The van der Waals surface area contributed by atoms with E-state index >= 15 is 0 Å². The van der Waals surface area contributed by atoms with Crippen LogP contribution in [0.1, 0.15) is 43.6 Å². The monoisotopic (exact) mass is 234 g/mol. The molecule has 0 aliphatic carbocycles. The highest BCUT2D eigenvalue weighted by molar-refractivity contribution is 5.15. The van der Waals surface area contributed by atoms with Crippen molar-refractivity contribution in [2.24, 2.45) is 5.73 Å². The minimum Gasteiger partial charge on any atom is -0.345 e. The fourth-order valence-corrected chi connectivity index (χ4v) is 1.67. The van der Waals surface area contributed by atoms with Gasteiger partial charge < -0.3 is 14.8 Å². The third kappa shape index (κ3) is 2.74. The van der Waals surface area contributed by atoms with Crippen molar-refractivity contribution >= 4 is 0 Å². The zero-order chi connectivity index (χ0) is 12.3. The summed E-state index contributed by atoms with van der Waals surface area (Å²) >= 11 is 0. The highest BCUT2D eigenvalue weighted by atomic mass is 16.5. The van der Waals surface area contributed by atoms with Crippen LogP contribution in [0.25, 0.3) is 0 Å². The Hall–Kier alpha value is -1.62. The van der Waals surface area contributed by atoms with E-state index in [4.69, 9.17) is 10.3 Å². The van der Waals surface area contributed by atoms with E-state index < -0.39 is 0 Å². The van der Waals surface area contributed by atoms with Crippen LogP contribution < -0.4 is 5.73 Å². The summed E-state index contributed by atoms with van der Waals surface area (Å²) in [5, 5.41) is 3.86. The van der Waals surface area contributed by atoms with Gasteiger partial charge in [0.05, 0.1) is 0 Å². The van der Waals surface area contributed by atoms with Crippen molar-refractivity contribution in [3.05, 3.63) is 35.7 Å². The smallest absolute Gasteiger partial charge is 0.246 e. The predicted molar refractivity (Wildman–Crippen MR) is 64.4 cm³/mol. The minimum atomic E-state index is 0.102. The molecule has 92 valence electrons. The van der Waals surface area contributed by atoms with E-state index in [1.807, 2.05) is 30.0 Å². The fourth-order valence-electron chi connectivity index (χ4n) is 1.67. The third-order valence-corrected chi connectivity index (χ3v) is 2.79. The normalized spacial score (nSPS) is 12.9. The molecule has 2 aromatic rings. The van der Waals surface area contributed by atoms with E-state index in [0.29, 0.717) is 12.4 Å². The Kier molecular flexibility index (Phi) is 3.58. The molecule has 0 aromatic carbocycles. The number of nitrogens with zero attached hydrogens (tertiary/aromatic N) is 3. The van der Waals surface area contributed by atoms with Crippen molar-refractivity contribution in [3.63, 3.8) is 0 Å². The molecule has 0 aliphatic rings. The molecule has 0 saturated heterocycles. The molecule has 2 N–H and O–H groups in total. The van der Waals surface area contributed by atoms with E-state index in [1.165, 1.54) is 0 Å². The van der Waals surface area contributed by atoms with Gasteiger partial charge in [-0.05, 0) is 18.1 Å². The number of hydrogen-bond acceptors (Lipinski definition) is 4. The van der Waals surface area contributed by atoms with E-state index in [9.17, 15) is 0 Å². The molecular weight excluding hydrogens is 216 g/mol. The SMILES string of the molecule is CCc1noc(Cn2ccc(C(N)CC)c2)n1. The van der Waals surface area contributed by atoms with Gasteiger partial charge >= 0.3 is 0 Å². The minimum absolute atomic E-state index is 0.102. The maximum absolute atomic E-state index is 5.96. The lowest BCUT2D eigenvalue weighted by Crippen LogP contribution is -2.07. The Bertz CT molecular complexity index is 474. The van der Waals surface area contributed by atoms with Gasteiger partial charge in [0.25, 0.3) is 0 Å². The molecule has 0 amide bonds. The van der Waals surface area contributed by atoms with Crippen LogP contribution in [0.5, 0.6) is 0 Å². The van der Waals surface area contributed by atoms with Gasteiger partial charge in [-0.2, -0.15) is 4.98 Å². The van der Waals surface area contributed by atoms with E-state index in [-0.39, 0.29) is 6.04 Å². The van der Waals surface area contributed by atoms with Crippen molar-refractivity contribution in [1.82, 2.24) is 14.7 Å². The van der Waals surface area contributed by atoms with Crippen LogP contribution in [0.3, 0.4) is 0 Å². The molecule has 0 aliphatic heterocycles. The maximum atomic E-state index is 5.96. The lowest BCUT2D eigenvalue weighted by atomic mass is 10.1. The second-order valence-electron chi connectivity index (χ2n) is 4.09. The quantitative estimate of drug-likeness (QED) is 0.857. The summed E-state index contributed by atoms with van der Waals surface area (Å²) in [6, 6.07) is 2.13. The first-order chi connectivity index (χ1) is 8.22. The summed E-state index contributed by atoms with van der Waals surface area (Å²) in [4.78, 5) is 4.27. The molecule has 0 spiro atoms. The van der Waals surface area contributed by atoms with Gasteiger partial charge in [0, 0.05) is 24.9 Å². The van der Waals surface area contributed by atoms with Gasteiger partial charge in [-0.15, -0.1) is 0 Å². The first kappa shape index (κ1) is 11.9. The molecule has 2 rings (SSSR count). The molecule has 5 heteroatoms. The number of hydrogen-bond donors (Lipinski definition) is 1. The lowest BCUT2D eigenvalue weighted by Gasteiger charge is -2.04. The van der Waals surface area contributed by atoms with Crippen LogP contribution in [0.2, 0.25) is 0 Å². The molecule has 17 heavy (non-hydrogen) atoms. The van der Waals surface area contributed by atoms with Crippen molar-refractivity contribution in [2.45, 2.75) is 39.3 Å². The topological polar surface area (TPSA) is 69.9 Å². The van der Waals surface area contributed by atoms with Crippen molar-refractivity contribution < 1.29 is 4.52 Å². The molecule has 1 atom stereocenters. The van der Waals surface area contributed by atoms with Gasteiger partial charge in [0.2, 0.25) is 5.89 Å². The van der Waals surface area contributed by atoms with Crippen LogP contribution in [0, 0.1) is 0 Å². The largest absolute Gasteiger partial charge is 0.345 e. The Balaban J connectivity index is 2.06. The van der Waals surface area contributed by atoms with E-state index in [0.717, 1.165) is 24.2 Å². The van der Waals surface area contributed by atoms with E-state index in [1.54, 1.807) is 0 Å². The van der Waals surface area contributed by atoms with Gasteiger partial charge in [-0.1, -0.05) is 19.0 Å². The van der Waals surface area contributed by atoms with Crippen molar-refractivity contribution in [2.75, 3.05) is 0 Å². The zero-order valence-corrected chi connectivity index (χ0v) is 10.3. The Morgan fingerprint density at radius 3 is 2.94 bits per heavy atom. The molecule has 0 saturated carbocycles. The lowest BCUT2D eigenvalue weighted by molar-refractivity contribution is 0.366. The van der Waals surface area contributed by atoms with Gasteiger partial charge in [0.15, 0.2) is 5.82 Å². The molecule has 0 bridgehead atoms. The fraction of sp³-hybridized carbons (Fsp3) is 0.500. The second kappa shape index (κ2) is 5.14. The van der Waals surface area contributed by atoms with Crippen molar-refractivity contribution in [3.8, 4) is 0 Å². The molecule has 5 nitrogen and oxygen atoms in total. The second-order valence-corrected chi connectivity index (χ2v) is 4.09. The highest BCUT2D eigenvalue weighted by Gasteiger charge is 2.08. The summed E-state index contributed by atoms with van der Waals surface area (Å²) in [6.45, 7) is 4.68. The molecule has 0 radical (unpaired) electrons. The average molecular weight is 234 g/mol. The zero-order valence-electron chi connectivity index (χ0n) is 10.3. The van der Waals surface area contributed by atoms with Crippen LogP contribution in [0.15, 0.2) is 23.0 Å². The van der Waals surface area contributed by atoms with E-state index in [2.05, 4.69) is 17.1 Å².